The van der Waals surface area contributed by atoms with Crippen LogP contribution in [0, 0.1) is 17.8 Å². The van der Waals surface area contributed by atoms with E-state index in [4.69, 9.17) is 14.2 Å². The van der Waals surface area contributed by atoms with Gasteiger partial charge in [-0.15, -0.1) is 13.2 Å². The molecule has 2 aromatic carbocycles. The standard InChI is InChI=1S/C36H44N2O7/c1-6-8-12-20-44-34(42)30-29-32(40)38(27(23-39)21-25-13-10-9-11-14-25)31(36(29)22-24(3)35(30,4)45-36)33(41)37(19-7-2)26-15-17-28(43-5)18-16-26/h6-7,9-11,13-18,24,27,29-31,39H,1-2,8,12,19-23H2,3-5H3/t24?,27-,29+,30+,31?,35-,36?/m1/s1. The Bertz CT molecular complexity index is 1410. The van der Waals surface area contributed by atoms with E-state index >= 15 is 0 Å². The zero-order chi connectivity index (χ0) is 32.4. The van der Waals surface area contributed by atoms with Crippen LogP contribution < -0.4 is 9.64 Å². The smallest absolute Gasteiger partial charge is 0.312 e. The van der Waals surface area contributed by atoms with Gasteiger partial charge in [-0.25, -0.2) is 0 Å². The number of fused-ring (bicyclic) bond motifs is 1. The molecule has 2 aromatic rings. The fourth-order valence-electron chi connectivity index (χ4n) is 7.70. The van der Waals surface area contributed by atoms with Gasteiger partial charge in [0, 0.05) is 12.2 Å². The first kappa shape index (κ1) is 32.4. The number of allylic oxidation sites excluding steroid dienone is 1. The van der Waals surface area contributed by atoms with Crippen LogP contribution in [0.1, 0.15) is 38.7 Å². The minimum absolute atomic E-state index is 0.141. The topological polar surface area (TPSA) is 106 Å². The van der Waals surface area contributed by atoms with Gasteiger partial charge in [0.25, 0.3) is 5.91 Å². The highest BCUT2D eigenvalue weighted by atomic mass is 16.6. The molecule has 3 aliphatic heterocycles. The Hall–Kier alpha value is -3.95. The van der Waals surface area contributed by atoms with Gasteiger partial charge in [-0.1, -0.05) is 49.4 Å². The quantitative estimate of drug-likeness (QED) is 0.191. The van der Waals surface area contributed by atoms with Gasteiger partial charge in [-0.05, 0) is 68.4 Å². The molecule has 7 atom stereocenters. The van der Waals surface area contributed by atoms with Crippen LogP contribution in [0.15, 0.2) is 79.9 Å². The number of ether oxygens (including phenoxy) is 3. The van der Waals surface area contributed by atoms with Gasteiger partial charge < -0.3 is 29.1 Å². The number of rotatable bonds is 14. The van der Waals surface area contributed by atoms with Crippen molar-refractivity contribution < 1.29 is 33.7 Å². The molecule has 3 aliphatic rings. The number of carbonyl (C=O) groups is 3. The predicted molar refractivity (Wildman–Crippen MR) is 171 cm³/mol. The van der Waals surface area contributed by atoms with Gasteiger partial charge in [-0.2, -0.15) is 0 Å². The van der Waals surface area contributed by atoms with Crippen molar-refractivity contribution in [1.29, 1.82) is 0 Å². The largest absolute Gasteiger partial charge is 0.497 e. The molecule has 2 bridgehead atoms. The summed E-state index contributed by atoms with van der Waals surface area (Å²) in [5, 5.41) is 10.8. The molecule has 3 fully saturated rings. The Morgan fingerprint density at radius 2 is 1.87 bits per heavy atom. The van der Waals surface area contributed by atoms with Crippen molar-refractivity contribution in [3.63, 3.8) is 0 Å². The van der Waals surface area contributed by atoms with Crippen molar-refractivity contribution in [3.8, 4) is 5.75 Å². The molecule has 1 spiro atoms. The highest BCUT2D eigenvalue weighted by Gasteiger charge is 2.80. The number of amides is 2. The third-order valence-electron chi connectivity index (χ3n) is 9.92. The van der Waals surface area contributed by atoms with E-state index in [0.717, 1.165) is 5.56 Å². The van der Waals surface area contributed by atoms with Gasteiger partial charge >= 0.3 is 5.97 Å². The van der Waals surface area contributed by atoms with Gasteiger partial charge in [0.15, 0.2) is 0 Å². The van der Waals surface area contributed by atoms with Gasteiger partial charge in [0.1, 0.15) is 23.3 Å². The number of hydrogen-bond donors (Lipinski definition) is 1. The van der Waals surface area contributed by atoms with Crippen molar-refractivity contribution in [2.24, 2.45) is 17.8 Å². The van der Waals surface area contributed by atoms with Crippen LogP contribution in [0.2, 0.25) is 0 Å². The summed E-state index contributed by atoms with van der Waals surface area (Å²) >= 11 is 0. The Kier molecular flexibility index (Phi) is 9.51. The van der Waals surface area contributed by atoms with Gasteiger partial charge in [-0.3, -0.25) is 14.4 Å². The second-order valence-electron chi connectivity index (χ2n) is 12.5. The molecule has 3 heterocycles. The average molecular weight is 617 g/mol. The van der Waals surface area contributed by atoms with E-state index in [2.05, 4.69) is 13.2 Å². The molecule has 0 aromatic heterocycles. The average Bonchev–Trinajstić information content (AvgIpc) is 3.57. The number of benzene rings is 2. The van der Waals surface area contributed by atoms with Crippen molar-refractivity contribution >= 4 is 23.5 Å². The summed E-state index contributed by atoms with van der Waals surface area (Å²) in [7, 11) is 1.57. The van der Waals surface area contributed by atoms with Crippen LogP contribution in [0.25, 0.3) is 0 Å². The lowest BCUT2D eigenvalue weighted by atomic mass is 9.62. The maximum Gasteiger partial charge on any atom is 0.312 e. The van der Waals surface area contributed by atoms with Crippen LogP contribution in [-0.2, 0) is 30.3 Å². The highest BCUT2D eigenvalue weighted by Crippen LogP contribution is 2.65. The lowest BCUT2D eigenvalue weighted by Gasteiger charge is -2.39. The molecule has 9 nitrogen and oxygen atoms in total. The van der Waals surface area contributed by atoms with E-state index in [0.29, 0.717) is 37.1 Å². The van der Waals surface area contributed by atoms with Crippen molar-refractivity contribution in [1.82, 2.24) is 4.90 Å². The Morgan fingerprint density at radius 1 is 1.16 bits per heavy atom. The second-order valence-corrected chi connectivity index (χ2v) is 12.5. The summed E-state index contributed by atoms with van der Waals surface area (Å²) < 4.78 is 17.9. The van der Waals surface area contributed by atoms with E-state index < -0.39 is 41.1 Å². The van der Waals surface area contributed by atoms with Crippen LogP contribution >= 0.6 is 0 Å². The molecule has 3 unspecified atom stereocenters. The summed E-state index contributed by atoms with van der Waals surface area (Å²) in [6.45, 7) is 11.5. The molecule has 240 valence electrons. The fraction of sp³-hybridized carbons (Fsp3) is 0.472. The van der Waals surface area contributed by atoms with Gasteiger partial charge in [0.05, 0.1) is 37.9 Å². The Labute approximate surface area is 265 Å². The number of methoxy groups -OCH3 is 1. The maximum atomic E-state index is 14.9. The first-order valence-electron chi connectivity index (χ1n) is 15.7. The van der Waals surface area contributed by atoms with E-state index in [9.17, 15) is 19.5 Å². The van der Waals surface area contributed by atoms with Gasteiger partial charge in [0.2, 0.25) is 5.91 Å². The molecule has 2 amide bonds. The number of carbonyl (C=O) groups excluding carboxylic acids is 3. The molecule has 3 saturated heterocycles. The van der Waals surface area contributed by atoms with Crippen LogP contribution in [0.5, 0.6) is 5.75 Å². The second kappa shape index (κ2) is 13.2. The minimum Gasteiger partial charge on any atom is -0.497 e. The van der Waals surface area contributed by atoms with Crippen LogP contribution in [-0.4, -0.2) is 77.9 Å². The lowest BCUT2D eigenvalue weighted by molar-refractivity contribution is -0.162. The van der Waals surface area contributed by atoms with E-state index in [-0.39, 0.29) is 37.5 Å². The molecule has 0 radical (unpaired) electrons. The third kappa shape index (κ3) is 5.57. The fourth-order valence-corrected chi connectivity index (χ4v) is 7.70. The van der Waals surface area contributed by atoms with Crippen LogP contribution in [0.4, 0.5) is 5.69 Å². The number of anilines is 1. The third-order valence-corrected chi connectivity index (χ3v) is 9.92. The summed E-state index contributed by atoms with van der Waals surface area (Å²) in [5.41, 5.74) is -0.783. The number of likely N-dealkylation sites (tertiary alicyclic amines) is 1. The Balaban J connectivity index is 1.60. The van der Waals surface area contributed by atoms with E-state index in [1.54, 1.807) is 48.4 Å². The number of aliphatic hydroxyl groups excluding tert-OH is 1. The number of hydrogen-bond acceptors (Lipinski definition) is 7. The lowest BCUT2D eigenvalue weighted by Crippen LogP contribution is -2.59. The monoisotopic (exact) mass is 616 g/mol. The zero-order valence-electron chi connectivity index (χ0n) is 26.4. The molecule has 1 N–H and O–H groups in total. The predicted octanol–water partition coefficient (Wildman–Crippen LogP) is 4.34. The molecule has 45 heavy (non-hydrogen) atoms. The SMILES string of the molecule is C=CCCCOC(=O)[C@@H]1[C@H]2C(=O)N([C@@H](CO)Cc3ccccc3)C(C(=O)N(CC=C)c3ccc(OC)cc3)C23CC(C)[C@@]1(C)O3. The van der Waals surface area contributed by atoms with Crippen molar-refractivity contribution in [3.05, 3.63) is 85.5 Å². The number of unbranched alkanes of at least 4 members (excludes halogenated alkanes) is 1. The highest BCUT2D eigenvalue weighted by molar-refractivity contribution is 6.05. The Morgan fingerprint density at radius 3 is 2.49 bits per heavy atom. The molecular formula is C36H44N2O7. The number of nitrogens with zero attached hydrogens (tertiary/aromatic N) is 2. The first-order chi connectivity index (χ1) is 21.7. The summed E-state index contributed by atoms with van der Waals surface area (Å²) in [5.74, 6) is -2.58. The minimum atomic E-state index is -1.29. The molecule has 0 aliphatic carbocycles. The molecule has 5 rings (SSSR count). The number of esters is 1. The zero-order valence-corrected chi connectivity index (χ0v) is 26.4. The number of aliphatic hydroxyl groups is 1. The molecular weight excluding hydrogens is 572 g/mol. The summed E-state index contributed by atoms with van der Waals surface area (Å²) in [4.78, 5) is 46.6. The van der Waals surface area contributed by atoms with E-state index in [1.807, 2.05) is 44.2 Å². The van der Waals surface area contributed by atoms with E-state index in [1.165, 1.54) is 4.90 Å². The normalized spacial score (nSPS) is 28.8. The summed E-state index contributed by atoms with van der Waals surface area (Å²) in [6.07, 6.45) is 5.44. The first-order valence-corrected chi connectivity index (χ1v) is 15.7. The molecule has 0 saturated carbocycles. The van der Waals surface area contributed by atoms with Crippen molar-refractivity contribution in [2.45, 2.75) is 62.8 Å². The summed E-state index contributed by atoms with van der Waals surface area (Å²) in [6, 6.07) is 14.8. The van der Waals surface area contributed by atoms with Crippen molar-refractivity contribution in [2.75, 3.05) is 31.8 Å². The maximum absolute atomic E-state index is 14.9. The molecule has 9 heteroatoms. The van der Waals surface area contributed by atoms with Crippen LogP contribution in [0.3, 0.4) is 0 Å².